The molecule has 2 amide bonds. The molecule has 1 atom stereocenters. The summed E-state index contributed by atoms with van der Waals surface area (Å²) >= 11 is 0. The lowest BCUT2D eigenvalue weighted by molar-refractivity contribution is -0.120. The van der Waals surface area contributed by atoms with E-state index in [-0.39, 0.29) is 24.3 Å². The first kappa shape index (κ1) is 22.9. The highest BCUT2D eigenvalue weighted by Gasteiger charge is 2.11. The maximum atomic E-state index is 12.4. The monoisotopic (exact) mass is 450 g/mol. The van der Waals surface area contributed by atoms with E-state index in [9.17, 15) is 9.59 Å². The minimum absolute atomic E-state index is 0.0868. The summed E-state index contributed by atoms with van der Waals surface area (Å²) in [6, 6.07) is 28.2. The van der Waals surface area contributed by atoms with Crippen LogP contribution in [-0.2, 0) is 11.2 Å². The topological polar surface area (TPSA) is 97.1 Å². The summed E-state index contributed by atoms with van der Waals surface area (Å²) in [6.45, 7) is 0.309. The van der Waals surface area contributed by atoms with Gasteiger partial charge < -0.3 is 16.4 Å². The van der Waals surface area contributed by atoms with Crippen molar-refractivity contribution in [1.29, 1.82) is 0 Å². The predicted octanol–water partition coefficient (Wildman–Crippen LogP) is 4.36. The van der Waals surface area contributed by atoms with Crippen molar-refractivity contribution in [2.24, 2.45) is 5.73 Å². The maximum Gasteiger partial charge on any atom is 0.255 e. The molecule has 0 bridgehead atoms. The summed E-state index contributed by atoms with van der Waals surface area (Å²) in [7, 11) is 0. The normalized spacial score (nSPS) is 11.4. The summed E-state index contributed by atoms with van der Waals surface area (Å²) in [6.07, 6.45) is 3.52. The Balaban J connectivity index is 1.26. The average molecular weight is 451 g/mol. The molecule has 4 aromatic rings. The fourth-order valence-electron chi connectivity index (χ4n) is 3.56. The van der Waals surface area contributed by atoms with Crippen LogP contribution in [0.1, 0.15) is 27.5 Å². The minimum atomic E-state index is -0.373. The van der Waals surface area contributed by atoms with Crippen LogP contribution < -0.4 is 16.4 Å². The number of nitrogens with two attached hydrogens (primary N) is 1. The third-order valence-electron chi connectivity index (χ3n) is 5.48. The summed E-state index contributed by atoms with van der Waals surface area (Å²) in [5, 5.41) is 5.71. The van der Waals surface area contributed by atoms with E-state index in [0.717, 1.165) is 22.3 Å². The quantitative estimate of drug-likeness (QED) is 0.372. The van der Waals surface area contributed by atoms with Gasteiger partial charge in [-0.2, -0.15) is 0 Å². The maximum absolute atomic E-state index is 12.4. The Labute approximate surface area is 198 Å². The van der Waals surface area contributed by atoms with Crippen LogP contribution in [0.5, 0.6) is 0 Å². The molecule has 4 N–H and O–H groups in total. The highest BCUT2D eigenvalue weighted by Crippen LogP contribution is 2.19. The van der Waals surface area contributed by atoms with Crippen LogP contribution in [-0.4, -0.2) is 23.3 Å². The van der Waals surface area contributed by atoms with E-state index >= 15 is 0 Å². The number of amides is 2. The molecule has 0 saturated heterocycles. The molecule has 0 saturated carbocycles. The first-order valence-corrected chi connectivity index (χ1v) is 11.1. The fraction of sp³-hybridized carbons (Fsp3) is 0.107. The first-order chi connectivity index (χ1) is 16.6. The Kier molecular flexibility index (Phi) is 7.42. The second kappa shape index (κ2) is 11.0. The van der Waals surface area contributed by atoms with Crippen LogP contribution in [0.2, 0.25) is 0 Å². The summed E-state index contributed by atoms with van der Waals surface area (Å²) in [4.78, 5) is 28.7. The van der Waals surface area contributed by atoms with Crippen molar-refractivity contribution in [2.45, 2.75) is 12.5 Å². The number of benzene rings is 3. The molecule has 0 aliphatic carbocycles. The van der Waals surface area contributed by atoms with Crippen LogP contribution in [0.25, 0.3) is 11.1 Å². The van der Waals surface area contributed by atoms with Crippen molar-refractivity contribution >= 4 is 17.5 Å². The number of nitrogens with zero attached hydrogens (tertiary/aromatic N) is 1. The van der Waals surface area contributed by atoms with Gasteiger partial charge in [0.05, 0.1) is 6.42 Å². The van der Waals surface area contributed by atoms with Gasteiger partial charge in [0.15, 0.2) is 0 Å². The highest BCUT2D eigenvalue weighted by molar-refractivity contribution is 6.04. The van der Waals surface area contributed by atoms with Crippen LogP contribution >= 0.6 is 0 Å². The Morgan fingerprint density at radius 1 is 0.794 bits per heavy atom. The number of nitrogens with one attached hydrogen (secondary N) is 2. The Morgan fingerprint density at radius 2 is 1.44 bits per heavy atom. The lowest BCUT2D eigenvalue weighted by Crippen LogP contribution is -2.32. The van der Waals surface area contributed by atoms with E-state index < -0.39 is 0 Å². The number of hydrogen-bond acceptors (Lipinski definition) is 4. The van der Waals surface area contributed by atoms with Crippen LogP contribution in [0.15, 0.2) is 103 Å². The molecule has 6 nitrogen and oxygen atoms in total. The van der Waals surface area contributed by atoms with Crippen LogP contribution in [0, 0.1) is 0 Å². The first-order valence-electron chi connectivity index (χ1n) is 11.1. The third kappa shape index (κ3) is 6.15. The number of pyridine rings is 1. The zero-order valence-electron chi connectivity index (χ0n) is 18.6. The zero-order chi connectivity index (χ0) is 23.8. The largest absolute Gasteiger partial charge is 0.354 e. The lowest BCUT2D eigenvalue weighted by Gasteiger charge is -2.14. The molecule has 0 fully saturated rings. The van der Waals surface area contributed by atoms with E-state index in [1.807, 2.05) is 42.5 Å². The molecule has 1 heterocycles. The molecule has 0 spiro atoms. The fourth-order valence-corrected chi connectivity index (χ4v) is 3.56. The van der Waals surface area contributed by atoms with Gasteiger partial charge >= 0.3 is 0 Å². The van der Waals surface area contributed by atoms with Gasteiger partial charge in [0, 0.05) is 36.2 Å². The number of aromatic nitrogens is 1. The van der Waals surface area contributed by atoms with E-state index in [4.69, 9.17) is 5.73 Å². The molecule has 34 heavy (non-hydrogen) atoms. The third-order valence-corrected chi connectivity index (χ3v) is 5.48. The highest BCUT2D eigenvalue weighted by atomic mass is 16.2. The van der Waals surface area contributed by atoms with E-state index in [1.165, 1.54) is 0 Å². The van der Waals surface area contributed by atoms with E-state index in [1.54, 1.807) is 48.8 Å². The molecule has 0 aliphatic heterocycles. The van der Waals surface area contributed by atoms with Crippen molar-refractivity contribution in [3.63, 3.8) is 0 Å². The minimum Gasteiger partial charge on any atom is -0.354 e. The number of rotatable bonds is 8. The van der Waals surface area contributed by atoms with Crippen molar-refractivity contribution in [1.82, 2.24) is 10.3 Å². The van der Waals surface area contributed by atoms with Gasteiger partial charge in [0.25, 0.3) is 5.91 Å². The number of anilines is 1. The Bertz CT molecular complexity index is 1230. The van der Waals surface area contributed by atoms with Crippen molar-refractivity contribution in [3.05, 3.63) is 120 Å². The number of hydrogen-bond donors (Lipinski definition) is 3. The summed E-state index contributed by atoms with van der Waals surface area (Å²) in [5.41, 5.74) is 11.5. The Hall–Kier alpha value is -4.29. The molecule has 170 valence electrons. The van der Waals surface area contributed by atoms with Gasteiger partial charge in [-0.05, 0) is 46.5 Å². The van der Waals surface area contributed by atoms with E-state index in [0.29, 0.717) is 17.8 Å². The zero-order valence-corrected chi connectivity index (χ0v) is 18.6. The molecule has 0 aliphatic rings. The van der Waals surface area contributed by atoms with Crippen molar-refractivity contribution < 1.29 is 9.59 Å². The SMILES string of the molecule is NC(CNC(=O)Cc1ccc(-c2ccccc2)cc1)c1ccc(C(=O)Nc2ccncc2)cc1. The van der Waals surface area contributed by atoms with Gasteiger partial charge in [-0.15, -0.1) is 0 Å². The summed E-state index contributed by atoms with van der Waals surface area (Å²) in [5.74, 6) is -0.297. The van der Waals surface area contributed by atoms with Crippen LogP contribution in [0.3, 0.4) is 0 Å². The molecule has 1 aromatic heterocycles. The van der Waals surface area contributed by atoms with Gasteiger partial charge in [-0.1, -0.05) is 66.7 Å². The van der Waals surface area contributed by atoms with Gasteiger partial charge in [-0.25, -0.2) is 0 Å². The molecular formula is C28H26N4O2. The smallest absolute Gasteiger partial charge is 0.255 e. The molecular weight excluding hydrogens is 424 g/mol. The number of carbonyl (C=O) groups is 2. The predicted molar refractivity (Wildman–Crippen MR) is 134 cm³/mol. The molecule has 1 unspecified atom stereocenters. The molecule has 3 aromatic carbocycles. The lowest BCUT2D eigenvalue weighted by atomic mass is 10.0. The second-order valence-electron chi connectivity index (χ2n) is 7.96. The van der Waals surface area contributed by atoms with Crippen LogP contribution in [0.4, 0.5) is 5.69 Å². The molecule has 0 radical (unpaired) electrons. The number of carbonyl (C=O) groups excluding carboxylic acids is 2. The standard InChI is InChI=1S/C28H26N4O2/c29-26(23-10-12-24(13-11-23)28(34)32-25-14-16-30-17-15-25)19-31-27(33)18-20-6-8-22(9-7-20)21-4-2-1-3-5-21/h1-17,26H,18-19,29H2,(H,31,33)(H,30,32,34). The molecule has 4 rings (SSSR count). The van der Waals surface area contributed by atoms with E-state index in [2.05, 4.69) is 27.8 Å². The summed E-state index contributed by atoms with van der Waals surface area (Å²) < 4.78 is 0. The second-order valence-corrected chi connectivity index (χ2v) is 7.96. The van der Waals surface area contributed by atoms with Gasteiger partial charge in [0.2, 0.25) is 5.91 Å². The molecule has 6 heteroatoms. The van der Waals surface area contributed by atoms with Crippen molar-refractivity contribution in [3.8, 4) is 11.1 Å². The van der Waals surface area contributed by atoms with Crippen molar-refractivity contribution in [2.75, 3.05) is 11.9 Å². The van der Waals surface area contributed by atoms with Gasteiger partial charge in [-0.3, -0.25) is 14.6 Å². The van der Waals surface area contributed by atoms with Gasteiger partial charge in [0.1, 0.15) is 0 Å². The Morgan fingerprint density at radius 3 is 2.12 bits per heavy atom. The average Bonchev–Trinajstić information content (AvgIpc) is 2.89.